The highest BCUT2D eigenvalue weighted by Gasteiger charge is 2.15. The Bertz CT molecular complexity index is 911. The zero-order valence-electron chi connectivity index (χ0n) is 17.0. The van der Waals surface area contributed by atoms with Crippen LogP contribution in [0.5, 0.6) is 0 Å². The Morgan fingerprint density at radius 2 is 1.61 bits per heavy atom. The summed E-state index contributed by atoms with van der Waals surface area (Å²) >= 11 is 0. The van der Waals surface area contributed by atoms with E-state index in [1.165, 1.54) is 28.1 Å². The van der Waals surface area contributed by atoms with Gasteiger partial charge in [-0.05, 0) is 56.0 Å². The minimum Gasteiger partial charge on any atom is -0.338 e. The second-order valence-corrected chi connectivity index (χ2v) is 7.11. The van der Waals surface area contributed by atoms with Crippen molar-refractivity contribution in [3.05, 3.63) is 77.5 Å². The van der Waals surface area contributed by atoms with Gasteiger partial charge in [-0.15, -0.1) is 0 Å². The predicted molar refractivity (Wildman–Crippen MR) is 116 cm³/mol. The highest BCUT2D eigenvalue weighted by atomic mass is 16.2. The van der Waals surface area contributed by atoms with E-state index in [-0.39, 0.29) is 6.03 Å². The van der Waals surface area contributed by atoms with Crippen molar-refractivity contribution in [3.8, 4) is 16.9 Å². The zero-order chi connectivity index (χ0) is 19.9. The third kappa shape index (κ3) is 4.63. The number of hydrogen-bond donors (Lipinski definition) is 2. The maximum absolute atomic E-state index is 11.8. The summed E-state index contributed by atoms with van der Waals surface area (Å²) in [6.07, 6.45) is 1.73. The fourth-order valence-corrected chi connectivity index (χ4v) is 3.37. The Kier molecular flexibility index (Phi) is 6.53. The number of amides is 2. The van der Waals surface area contributed by atoms with Crippen LogP contribution in [0.25, 0.3) is 16.9 Å². The number of hydrogen-bond acceptors (Lipinski definition) is 1. The Labute approximate surface area is 167 Å². The topological polar surface area (TPSA) is 46.1 Å². The monoisotopic (exact) mass is 375 g/mol. The molecular weight excluding hydrogens is 346 g/mol. The molecule has 0 bridgehead atoms. The Morgan fingerprint density at radius 1 is 0.929 bits per heavy atom. The van der Waals surface area contributed by atoms with Gasteiger partial charge in [-0.2, -0.15) is 0 Å². The molecule has 2 N–H and O–H groups in total. The highest BCUT2D eigenvalue weighted by Crippen LogP contribution is 2.30. The first-order valence-electron chi connectivity index (χ1n) is 9.95. The molecule has 0 atom stereocenters. The van der Waals surface area contributed by atoms with Gasteiger partial charge in [-0.1, -0.05) is 55.0 Å². The normalized spacial score (nSPS) is 10.7. The molecule has 0 aliphatic rings. The molecule has 0 fully saturated rings. The summed E-state index contributed by atoms with van der Waals surface area (Å²) < 4.78 is 2.30. The molecular formula is C24H29N3O. The van der Waals surface area contributed by atoms with E-state index in [4.69, 9.17) is 0 Å². The summed E-state index contributed by atoms with van der Waals surface area (Å²) in [6.45, 7) is 7.61. The van der Waals surface area contributed by atoms with Gasteiger partial charge in [0.05, 0.1) is 5.69 Å². The van der Waals surface area contributed by atoms with Crippen molar-refractivity contribution in [2.45, 2.75) is 33.6 Å². The molecule has 2 aromatic carbocycles. The molecule has 146 valence electrons. The number of carbonyl (C=O) groups excluding carboxylic acids is 1. The van der Waals surface area contributed by atoms with E-state index in [1.54, 1.807) is 0 Å². The summed E-state index contributed by atoms with van der Waals surface area (Å²) in [4.78, 5) is 11.8. The lowest BCUT2D eigenvalue weighted by molar-refractivity contribution is 0.241. The van der Waals surface area contributed by atoms with E-state index in [2.05, 4.69) is 83.6 Å². The van der Waals surface area contributed by atoms with Crippen LogP contribution >= 0.6 is 0 Å². The van der Waals surface area contributed by atoms with Gasteiger partial charge >= 0.3 is 6.03 Å². The van der Waals surface area contributed by atoms with Gasteiger partial charge in [-0.3, -0.25) is 0 Å². The number of rotatable bonds is 7. The van der Waals surface area contributed by atoms with Gasteiger partial charge in [-0.25, -0.2) is 4.79 Å². The van der Waals surface area contributed by atoms with E-state index < -0.39 is 0 Å². The number of urea groups is 1. The van der Waals surface area contributed by atoms with Crippen molar-refractivity contribution in [3.63, 3.8) is 0 Å². The first kappa shape index (κ1) is 19.7. The third-order valence-corrected chi connectivity index (χ3v) is 4.93. The number of aromatic nitrogens is 1. The van der Waals surface area contributed by atoms with E-state index in [1.807, 2.05) is 13.0 Å². The van der Waals surface area contributed by atoms with Crippen LogP contribution in [-0.4, -0.2) is 23.7 Å². The van der Waals surface area contributed by atoms with E-state index in [0.717, 1.165) is 18.5 Å². The number of aryl methyl sites for hydroxylation is 1. The number of benzene rings is 2. The molecule has 0 radical (unpaired) electrons. The SMILES string of the molecule is CCCNC(=O)NCCc1cc(-c2ccc(C)cc2)n(-c2ccccc2)c1C. The molecule has 0 aliphatic heterocycles. The van der Waals surface area contributed by atoms with Gasteiger partial charge in [0.15, 0.2) is 0 Å². The summed E-state index contributed by atoms with van der Waals surface area (Å²) in [6, 6.07) is 21.2. The van der Waals surface area contributed by atoms with Gasteiger partial charge in [0.2, 0.25) is 0 Å². The van der Waals surface area contributed by atoms with Crippen molar-refractivity contribution >= 4 is 6.03 Å². The Morgan fingerprint density at radius 3 is 2.29 bits per heavy atom. The molecule has 2 amide bonds. The van der Waals surface area contributed by atoms with Crippen LogP contribution in [0.4, 0.5) is 4.79 Å². The summed E-state index contributed by atoms with van der Waals surface area (Å²) in [7, 11) is 0. The molecule has 28 heavy (non-hydrogen) atoms. The first-order chi connectivity index (χ1) is 13.6. The molecule has 0 saturated carbocycles. The van der Waals surface area contributed by atoms with Crippen LogP contribution in [0.2, 0.25) is 0 Å². The number of carbonyl (C=O) groups is 1. The Hall–Kier alpha value is -3.01. The van der Waals surface area contributed by atoms with Gasteiger partial charge in [0, 0.05) is 24.5 Å². The van der Waals surface area contributed by atoms with E-state index >= 15 is 0 Å². The zero-order valence-corrected chi connectivity index (χ0v) is 17.0. The third-order valence-electron chi connectivity index (χ3n) is 4.93. The minimum atomic E-state index is -0.0965. The molecule has 0 unspecified atom stereocenters. The maximum atomic E-state index is 11.8. The van der Waals surface area contributed by atoms with Crippen molar-refractivity contribution in [1.29, 1.82) is 0 Å². The first-order valence-corrected chi connectivity index (χ1v) is 9.95. The lowest BCUT2D eigenvalue weighted by Crippen LogP contribution is -2.36. The van der Waals surface area contributed by atoms with E-state index in [0.29, 0.717) is 13.1 Å². The second kappa shape index (κ2) is 9.27. The molecule has 4 nitrogen and oxygen atoms in total. The molecule has 1 heterocycles. The smallest absolute Gasteiger partial charge is 0.314 e. The maximum Gasteiger partial charge on any atom is 0.314 e. The molecule has 0 aliphatic carbocycles. The Balaban J connectivity index is 1.88. The summed E-state index contributed by atoms with van der Waals surface area (Å²) in [5, 5.41) is 5.80. The average Bonchev–Trinajstić information content (AvgIpc) is 3.04. The fourth-order valence-electron chi connectivity index (χ4n) is 3.37. The minimum absolute atomic E-state index is 0.0965. The van der Waals surface area contributed by atoms with Crippen LogP contribution < -0.4 is 10.6 Å². The average molecular weight is 376 g/mol. The number of nitrogens with zero attached hydrogens (tertiary/aromatic N) is 1. The standard InChI is InChI=1S/C24H29N3O/c1-4-15-25-24(28)26-16-14-21-17-23(20-12-10-18(2)11-13-20)27(19(21)3)22-8-6-5-7-9-22/h5-13,17H,4,14-16H2,1-3H3,(H2,25,26,28). The van der Waals surface area contributed by atoms with Crippen LogP contribution in [0, 0.1) is 13.8 Å². The molecule has 0 saturated heterocycles. The highest BCUT2D eigenvalue weighted by molar-refractivity contribution is 5.73. The molecule has 3 aromatic rings. The summed E-state index contributed by atoms with van der Waals surface area (Å²) in [5.74, 6) is 0. The molecule has 0 spiro atoms. The summed E-state index contributed by atoms with van der Waals surface area (Å²) in [5.41, 5.74) is 7.22. The van der Waals surface area contributed by atoms with Crippen LogP contribution in [-0.2, 0) is 6.42 Å². The number of para-hydroxylation sites is 1. The van der Waals surface area contributed by atoms with Crippen LogP contribution in [0.1, 0.15) is 30.2 Å². The molecule has 3 rings (SSSR count). The van der Waals surface area contributed by atoms with Crippen molar-refractivity contribution in [2.24, 2.45) is 0 Å². The van der Waals surface area contributed by atoms with Crippen LogP contribution in [0.15, 0.2) is 60.7 Å². The van der Waals surface area contributed by atoms with Gasteiger partial charge < -0.3 is 15.2 Å². The number of nitrogens with one attached hydrogen (secondary N) is 2. The largest absolute Gasteiger partial charge is 0.338 e. The van der Waals surface area contributed by atoms with Gasteiger partial charge in [0.25, 0.3) is 0 Å². The fraction of sp³-hybridized carbons (Fsp3) is 0.292. The van der Waals surface area contributed by atoms with Gasteiger partial charge in [0.1, 0.15) is 0 Å². The molecule has 4 heteroatoms. The quantitative estimate of drug-likeness (QED) is 0.599. The predicted octanol–water partition coefficient (Wildman–Crippen LogP) is 5.01. The molecule has 1 aromatic heterocycles. The van der Waals surface area contributed by atoms with Crippen molar-refractivity contribution in [2.75, 3.05) is 13.1 Å². The lowest BCUT2D eigenvalue weighted by Gasteiger charge is -2.13. The van der Waals surface area contributed by atoms with Crippen molar-refractivity contribution < 1.29 is 4.79 Å². The van der Waals surface area contributed by atoms with Crippen molar-refractivity contribution in [1.82, 2.24) is 15.2 Å². The van der Waals surface area contributed by atoms with Crippen LogP contribution in [0.3, 0.4) is 0 Å². The lowest BCUT2D eigenvalue weighted by atomic mass is 10.1. The van der Waals surface area contributed by atoms with E-state index in [9.17, 15) is 4.79 Å². The second-order valence-electron chi connectivity index (χ2n) is 7.11.